The summed E-state index contributed by atoms with van der Waals surface area (Å²) in [5.41, 5.74) is 0. The van der Waals surface area contributed by atoms with Crippen LogP contribution in [-0.2, 0) is 9.47 Å². The van der Waals surface area contributed by atoms with Crippen LogP contribution in [0.1, 0.15) is 19.8 Å². The van der Waals surface area contributed by atoms with Gasteiger partial charge in [-0.25, -0.2) is 0 Å². The lowest BCUT2D eigenvalue weighted by molar-refractivity contribution is -0.214. The first kappa shape index (κ1) is 11.8. The Morgan fingerprint density at radius 3 is 3.12 bits per heavy atom. The highest BCUT2D eigenvalue weighted by molar-refractivity contribution is 5.35. The summed E-state index contributed by atoms with van der Waals surface area (Å²) in [5.74, 6) is 10.8. The van der Waals surface area contributed by atoms with Crippen molar-refractivity contribution in [1.82, 2.24) is 0 Å². The van der Waals surface area contributed by atoms with Crippen molar-refractivity contribution >= 4 is 0 Å². The normalized spacial score (nSPS) is 32.6. The Labute approximate surface area is 101 Å². The molecule has 0 aliphatic carbocycles. The molecule has 0 bridgehead atoms. The predicted octanol–water partition coefficient (Wildman–Crippen LogP) is 1.35. The monoisotopic (exact) mass is 230 g/mol. The minimum atomic E-state index is -0.691. The van der Waals surface area contributed by atoms with E-state index < -0.39 is 5.79 Å². The van der Waals surface area contributed by atoms with Crippen LogP contribution in [0.2, 0.25) is 0 Å². The van der Waals surface area contributed by atoms with Crippen molar-refractivity contribution < 1.29 is 14.6 Å². The van der Waals surface area contributed by atoms with Gasteiger partial charge in [-0.3, -0.25) is 0 Å². The van der Waals surface area contributed by atoms with Crippen molar-refractivity contribution in [3.05, 3.63) is 24.0 Å². The molecular weight excluding hydrogens is 216 g/mol. The Morgan fingerprint density at radius 2 is 2.41 bits per heavy atom. The molecule has 1 saturated heterocycles. The Hall–Kier alpha value is -1.68. The molecule has 88 valence electrons. The molecule has 0 aromatic rings. The molecule has 2 aliphatic heterocycles. The highest BCUT2D eigenvalue weighted by Gasteiger charge is 2.39. The van der Waals surface area contributed by atoms with Crippen LogP contribution >= 0.6 is 0 Å². The molecular formula is C14H14O3. The number of hydrogen-bond donors (Lipinski definition) is 1. The van der Waals surface area contributed by atoms with Crippen LogP contribution in [0.3, 0.4) is 0 Å². The molecule has 3 heteroatoms. The molecule has 2 heterocycles. The SMILES string of the molecule is CC#CC#CC=C1C=C[C@]2(CC[C@@H](O)CO2)O1. The van der Waals surface area contributed by atoms with E-state index in [1.54, 1.807) is 13.0 Å². The van der Waals surface area contributed by atoms with E-state index in [1.807, 2.05) is 12.2 Å². The van der Waals surface area contributed by atoms with E-state index in [9.17, 15) is 5.11 Å². The van der Waals surface area contributed by atoms with E-state index in [0.717, 1.165) is 0 Å². The number of aliphatic hydroxyl groups excluding tert-OH is 1. The zero-order valence-corrected chi connectivity index (χ0v) is 9.69. The van der Waals surface area contributed by atoms with Gasteiger partial charge in [0.1, 0.15) is 5.76 Å². The molecule has 1 fully saturated rings. The number of allylic oxidation sites excluding steroid dienone is 2. The highest BCUT2D eigenvalue weighted by atomic mass is 16.7. The summed E-state index contributed by atoms with van der Waals surface area (Å²) >= 11 is 0. The molecule has 0 unspecified atom stereocenters. The Morgan fingerprint density at radius 1 is 1.53 bits per heavy atom. The van der Waals surface area contributed by atoms with Gasteiger partial charge < -0.3 is 14.6 Å². The smallest absolute Gasteiger partial charge is 0.231 e. The van der Waals surface area contributed by atoms with E-state index >= 15 is 0 Å². The second kappa shape index (κ2) is 5.10. The topological polar surface area (TPSA) is 38.7 Å². The zero-order valence-electron chi connectivity index (χ0n) is 9.69. The predicted molar refractivity (Wildman–Crippen MR) is 63.5 cm³/mol. The van der Waals surface area contributed by atoms with Crippen LogP contribution in [0.5, 0.6) is 0 Å². The lowest BCUT2D eigenvalue weighted by Gasteiger charge is -2.33. The van der Waals surface area contributed by atoms with Crippen LogP contribution < -0.4 is 0 Å². The summed E-state index contributed by atoms with van der Waals surface area (Å²) in [6.07, 6.45) is 6.34. The fraction of sp³-hybridized carbons (Fsp3) is 0.429. The third-order valence-corrected chi connectivity index (χ3v) is 2.61. The minimum absolute atomic E-state index is 0.310. The van der Waals surface area contributed by atoms with Gasteiger partial charge in [0, 0.05) is 12.5 Å². The number of hydrogen-bond acceptors (Lipinski definition) is 3. The highest BCUT2D eigenvalue weighted by Crippen LogP contribution is 2.34. The van der Waals surface area contributed by atoms with Crippen LogP contribution in [-0.4, -0.2) is 23.6 Å². The molecule has 3 nitrogen and oxygen atoms in total. The average Bonchev–Trinajstić information content (AvgIpc) is 2.73. The fourth-order valence-corrected chi connectivity index (χ4v) is 1.73. The molecule has 2 rings (SSSR count). The summed E-state index contributed by atoms with van der Waals surface area (Å²) in [6.45, 7) is 2.05. The van der Waals surface area contributed by atoms with Crippen LogP contribution in [0, 0.1) is 23.7 Å². The summed E-state index contributed by atoms with van der Waals surface area (Å²) < 4.78 is 11.2. The maximum absolute atomic E-state index is 9.36. The summed E-state index contributed by atoms with van der Waals surface area (Å²) in [6, 6.07) is 0. The van der Waals surface area contributed by atoms with Crippen LogP contribution in [0.25, 0.3) is 0 Å². The van der Waals surface area contributed by atoms with Gasteiger partial charge in [0.15, 0.2) is 0 Å². The number of aliphatic hydroxyl groups is 1. The van der Waals surface area contributed by atoms with E-state index in [4.69, 9.17) is 9.47 Å². The van der Waals surface area contributed by atoms with Gasteiger partial charge in [-0.15, -0.1) is 0 Å². The second-order valence-corrected chi connectivity index (χ2v) is 3.94. The molecule has 0 aromatic carbocycles. The molecule has 0 amide bonds. The van der Waals surface area contributed by atoms with Gasteiger partial charge in [0.25, 0.3) is 0 Å². The van der Waals surface area contributed by atoms with Crippen LogP contribution in [0.4, 0.5) is 0 Å². The van der Waals surface area contributed by atoms with E-state index in [0.29, 0.717) is 25.2 Å². The quantitative estimate of drug-likeness (QED) is 0.638. The molecule has 2 aliphatic rings. The Kier molecular flexibility index (Phi) is 3.54. The number of ether oxygens (including phenoxy) is 2. The molecule has 17 heavy (non-hydrogen) atoms. The van der Waals surface area contributed by atoms with Gasteiger partial charge in [0.2, 0.25) is 5.79 Å². The second-order valence-electron chi connectivity index (χ2n) is 3.94. The first-order chi connectivity index (χ1) is 8.24. The molecule has 0 radical (unpaired) electrons. The molecule has 0 aromatic heterocycles. The van der Waals surface area contributed by atoms with Gasteiger partial charge in [-0.05, 0) is 37.3 Å². The first-order valence-electron chi connectivity index (χ1n) is 5.57. The lowest BCUT2D eigenvalue weighted by atomic mass is 10.0. The van der Waals surface area contributed by atoms with Gasteiger partial charge >= 0.3 is 0 Å². The first-order valence-corrected chi connectivity index (χ1v) is 5.57. The third kappa shape index (κ3) is 2.91. The third-order valence-electron chi connectivity index (χ3n) is 2.61. The van der Waals surface area contributed by atoms with Gasteiger partial charge in [-0.2, -0.15) is 0 Å². The largest absolute Gasteiger partial charge is 0.458 e. The van der Waals surface area contributed by atoms with Crippen molar-refractivity contribution in [2.24, 2.45) is 0 Å². The Bertz CT molecular complexity index is 457. The van der Waals surface area contributed by atoms with Crippen LogP contribution in [0.15, 0.2) is 24.0 Å². The molecule has 0 saturated carbocycles. The summed E-state index contributed by atoms with van der Waals surface area (Å²) in [7, 11) is 0. The van der Waals surface area contributed by atoms with Crippen molar-refractivity contribution in [1.29, 1.82) is 0 Å². The van der Waals surface area contributed by atoms with Crippen molar-refractivity contribution in [3.63, 3.8) is 0 Å². The minimum Gasteiger partial charge on any atom is -0.458 e. The standard InChI is InChI=1S/C14H14O3/c1-2-3-4-5-6-13-8-10-14(17-13)9-7-12(15)11-16-14/h6,8,10,12,15H,7,9,11H2,1H3/t12-,14+/m1/s1. The molecule has 2 atom stereocenters. The van der Waals surface area contributed by atoms with Crippen molar-refractivity contribution in [2.75, 3.05) is 6.61 Å². The molecule has 1 N–H and O–H groups in total. The van der Waals surface area contributed by atoms with Crippen molar-refractivity contribution in [2.45, 2.75) is 31.7 Å². The van der Waals surface area contributed by atoms with E-state index in [2.05, 4.69) is 23.7 Å². The summed E-state index contributed by atoms with van der Waals surface area (Å²) in [4.78, 5) is 0. The van der Waals surface area contributed by atoms with E-state index in [-0.39, 0.29) is 6.10 Å². The maximum Gasteiger partial charge on any atom is 0.231 e. The van der Waals surface area contributed by atoms with E-state index in [1.165, 1.54) is 0 Å². The summed E-state index contributed by atoms with van der Waals surface area (Å²) in [5, 5.41) is 9.36. The molecule has 1 spiro atoms. The maximum atomic E-state index is 9.36. The lowest BCUT2D eigenvalue weighted by Crippen LogP contribution is -2.39. The van der Waals surface area contributed by atoms with Gasteiger partial charge in [-0.1, -0.05) is 11.8 Å². The fourth-order valence-electron chi connectivity index (χ4n) is 1.73. The Balaban J connectivity index is 1.98. The van der Waals surface area contributed by atoms with Crippen molar-refractivity contribution in [3.8, 4) is 23.7 Å². The average molecular weight is 230 g/mol. The zero-order chi connectivity index (χ0) is 12.1. The number of rotatable bonds is 0. The van der Waals surface area contributed by atoms with Gasteiger partial charge in [0.05, 0.1) is 12.7 Å².